The summed E-state index contributed by atoms with van der Waals surface area (Å²) in [5.41, 5.74) is 3.54. The Balaban J connectivity index is 0.00000196. The van der Waals surface area contributed by atoms with Crippen LogP contribution in [0.2, 0.25) is 0 Å². The fraction of sp³-hybridized carbons (Fsp3) is 0.478. The molecule has 2 aromatic rings. The molecule has 2 heterocycles. The average Bonchev–Trinajstić information content (AvgIpc) is 3.08. The maximum Gasteiger partial charge on any atom is 0.104 e. The molecule has 4 rings (SSSR count). The number of quaternary nitrogens is 2. The van der Waals surface area contributed by atoms with Crippen molar-refractivity contribution in [3.63, 3.8) is 0 Å². The second-order valence-corrected chi connectivity index (χ2v) is 9.29. The molecule has 1 spiro atoms. The molecule has 2 aliphatic heterocycles. The Bertz CT molecular complexity index is 654. The first-order valence-corrected chi connectivity index (χ1v) is 9.73. The van der Waals surface area contributed by atoms with Crippen molar-refractivity contribution in [2.45, 2.75) is 25.9 Å². The summed E-state index contributed by atoms with van der Waals surface area (Å²) in [6.45, 7) is 7.74. The zero-order valence-corrected chi connectivity index (χ0v) is 16.3. The van der Waals surface area contributed by atoms with E-state index >= 15 is 0 Å². The van der Waals surface area contributed by atoms with Gasteiger partial charge < -0.3 is 14.4 Å². The molecule has 2 N–H and O–H groups in total. The summed E-state index contributed by atoms with van der Waals surface area (Å²) in [4.78, 5) is 0. The molecule has 2 unspecified atom stereocenters. The van der Waals surface area contributed by atoms with E-state index in [2.05, 4.69) is 74.8 Å². The Morgan fingerprint density at radius 2 is 1.08 bits per heavy atom. The standard InChI is InChI=1S/C23H32N2.H2O/c1-24(17-21-9-5-3-6-10-21)15-13-23(19-24)14-16-25(2,20-23)18-22-11-7-4-8-12-22;/h3-12H,13-20H2,1-2H3;1H2/q+2;. The number of hydrogen-bond donors (Lipinski definition) is 0. The van der Waals surface area contributed by atoms with Crippen LogP contribution in [0.15, 0.2) is 60.7 Å². The van der Waals surface area contributed by atoms with Gasteiger partial charge in [0.15, 0.2) is 0 Å². The van der Waals surface area contributed by atoms with Gasteiger partial charge in [0.25, 0.3) is 0 Å². The Hall–Kier alpha value is -1.68. The fourth-order valence-electron chi connectivity index (χ4n) is 5.60. The Labute approximate surface area is 158 Å². The average molecular weight is 355 g/mol. The van der Waals surface area contributed by atoms with Crippen LogP contribution in [0.5, 0.6) is 0 Å². The topological polar surface area (TPSA) is 31.5 Å². The van der Waals surface area contributed by atoms with E-state index in [0.717, 1.165) is 0 Å². The first-order chi connectivity index (χ1) is 12.0. The molecule has 140 valence electrons. The second kappa shape index (κ2) is 7.15. The van der Waals surface area contributed by atoms with Gasteiger partial charge in [-0.25, -0.2) is 0 Å². The number of hydrogen-bond acceptors (Lipinski definition) is 0. The lowest BCUT2D eigenvalue weighted by Crippen LogP contribution is -2.46. The van der Waals surface area contributed by atoms with Crippen LogP contribution in [-0.2, 0) is 13.1 Å². The van der Waals surface area contributed by atoms with Gasteiger partial charge in [-0.15, -0.1) is 0 Å². The van der Waals surface area contributed by atoms with Gasteiger partial charge in [-0.05, 0) is 0 Å². The van der Waals surface area contributed by atoms with Crippen LogP contribution in [0.4, 0.5) is 0 Å². The van der Waals surface area contributed by atoms with Crippen molar-refractivity contribution < 1.29 is 14.4 Å². The fourth-order valence-corrected chi connectivity index (χ4v) is 5.60. The number of rotatable bonds is 4. The predicted molar refractivity (Wildman–Crippen MR) is 107 cm³/mol. The number of likely N-dealkylation sites (tertiary alicyclic amines) is 2. The van der Waals surface area contributed by atoms with E-state index in [9.17, 15) is 0 Å². The van der Waals surface area contributed by atoms with Crippen LogP contribution in [0.3, 0.4) is 0 Å². The molecule has 0 radical (unpaired) electrons. The molecule has 2 atom stereocenters. The monoisotopic (exact) mass is 354 g/mol. The summed E-state index contributed by atoms with van der Waals surface area (Å²) in [6.07, 6.45) is 2.80. The van der Waals surface area contributed by atoms with Gasteiger partial charge in [-0.2, -0.15) is 0 Å². The molecule has 2 aromatic carbocycles. The van der Waals surface area contributed by atoms with E-state index in [0.29, 0.717) is 5.41 Å². The smallest absolute Gasteiger partial charge is 0.104 e. The molecule has 0 saturated carbocycles. The minimum absolute atomic E-state index is 0. The van der Waals surface area contributed by atoms with Crippen molar-refractivity contribution >= 4 is 0 Å². The van der Waals surface area contributed by atoms with Crippen molar-refractivity contribution in [1.29, 1.82) is 0 Å². The molecule has 3 heteroatoms. The molecular formula is C23H34N2O+2. The number of benzene rings is 2. The lowest BCUT2D eigenvalue weighted by Gasteiger charge is -2.34. The largest absolute Gasteiger partial charge is 0.412 e. The van der Waals surface area contributed by atoms with Gasteiger partial charge in [0.05, 0.1) is 45.7 Å². The molecule has 26 heavy (non-hydrogen) atoms. The molecule has 2 aliphatic rings. The van der Waals surface area contributed by atoms with Crippen molar-refractivity contribution in [1.82, 2.24) is 0 Å². The van der Waals surface area contributed by atoms with E-state index in [-0.39, 0.29) is 5.48 Å². The van der Waals surface area contributed by atoms with Crippen LogP contribution >= 0.6 is 0 Å². The van der Waals surface area contributed by atoms with Crippen molar-refractivity contribution in [2.24, 2.45) is 5.41 Å². The summed E-state index contributed by atoms with van der Waals surface area (Å²) >= 11 is 0. The van der Waals surface area contributed by atoms with Crippen molar-refractivity contribution in [3.8, 4) is 0 Å². The lowest BCUT2D eigenvalue weighted by atomic mass is 9.86. The first kappa shape index (κ1) is 19.1. The van der Waals surface area contributed by atoms with Gasteiger partial charge in [0.2, 0.25) is 0 Å². The minimum Gasteiger partial charge on any atom is -0.412 e. The van der Waals surface area contributed by atoms with Crippen LogP contribution in [-0.4, -0.2) is 54.7 Å². The Morgan fingerprint density at radius 3 is 1.46 bits per heavy atom. The quantitative estimate of drug-likeness (QED) is 0.755. The maximum atomic E-state index is 2.47. The third kappa shape index (κ3) is 4.01. The third-order valence-corrected chi connectivity index (χ3v) is 6.61. The van der Waals surface area contributed by atoms with E-state index in [4.69, 9.17) is 0 Å². The van der Waals surface area contributed by atoms with Crippen LogP contribution in [0, 0.1) is 5.41 Å². The van der Waals surface area contributed by atoms with Crippen molar-refractivity contribution in [3.05, 3.63) is 71.8 Å². The minimum atomic E-state index is 0. The second-order valence-electron chi connectivity index (χ2n) is 9.29. The predicted octanol–water partition coefficient (Wildman–Crippen LogP) is 3.25. The van der Waals surface area contributed by atoms with Gasteiger partial charge in [0, 0.05) is 24.0 Å². The normalized spacial score (nSPS) is 33.3. The zero-order valence-electron chi connectivity index (χ0n) is 16.3. The Kier molecular flexibility index (Phi) is 5.25. The molecule has 0 bridgehead atoms. The Morgan fingerprint density at radius 1 is 0.692 bits per heavy atom. The molecule has 3 nitrogen and oxygen atoms in total. The van der Waals surface area contributed by atoms with Crippen molar-refractivity contribution in [2.75, 3.05) is 40.3 Å². The zero-order chi connectivity index (χ0) is 17.4. The molecular weight excluding hydrogens is 320 g/mol. The summed E-state index contributed by atoms with van der Waals surface area (Å²) in [5.74, 6) is 0. The molecule has 2 fully saturated rings. The van der Waals surface area contributed by atoms with Crippen LogP contribution in [0.1, 0.15) is 24.0 Å². The molecule has 2 saturated heterocycles. The van der Waals surface area contributed by atoms with Crippen LogP contribution in [0.25, 0.3) is 0 Å². The third-order valence-electron chi connectivity index (χ3n) is 6.61. The highest BCUT2D eigenvalue weighted by molar-refractivity contribution is 5.14. The van der Waals surface area contributed by atoms with Gasteiger partial charge in [-0.3, -0.25) is 0 Å². The van der Waals surface area contributed by atoms with Crippen LogP contribution < -0.4 is 0 Å². The van der Waals surface area contributed by atoms with Gasteiger partial charge in [0.1, 0.15) is 13.1 Å². The first-order valence-electron chi connectivity index (χ1n) is 9.73. The molecule has 0 aromatic heterocycles. The van der Waals surface area contributed by atoms with E-state index in [1.807, 2.05) is 0 Å². The summed E-state index contributed by atoms with van der Waals surface area (Å²) < 4.78 is 2.44. The highest BCUT2D eigenvalue weighted by Gasteiger charge is 2.55. The van der Waals surface area contributed by atoms with E-state index < -0.39 is 0 Å². The molecule has 0 amide bonds. The summed E-state index contributed by atoms with van der Waals surface area (Å²) in [7, 11) is 4.95. The number of nitrogens with zero attached hydrogens (tertiary/aromatic N) is 2. The summed E-state index contributed by atoms with van der Waals surface area (Å²) in [5, 5.41) is 0. The maximum absolute atomic E-state index is 2.47. The molecule has 0 aliphatic carbocycles. The lowest BCUT2D eigenvalue weighted by molar-refractivity contribution is -0.925. The highest BCUT2D eigenvalue weighted by atomic mass is 16.0. The van der Waals surface area contributed by atoms with Gasteiger partial charge >= 0.3 is 0 Å². The SMILES string of the molecule is C[N+]1(Cc2ccccc2)CCC2(CC[N+](C)(Cc3ccccc3)C2)C1.O. The summed E-state index contributed by atoms with van der Waals surface area (Å²) in [6, 6.07) is 22.1. The highest BCUT2D eigenvalue weighted by Crippen LogP contribution is 2.45. The van der Waals surface area contributed by atoms with E-state index in [1.54, 1.807) is 0 Å². The van der Waals surface area contributed by atoms with E-state index in [1.165, 1.54) is 72.2 Å². The van der Waals surface area contributed by atoms with Gasteiger partial charge in [-0.1, -0.05) is 60.7 Å².